The molecular formula is C33H36N8O2S. The van der Waals surface area contributed by atoms with Gasteiger partial charge in [0.2, 0.25) is 12.2 Å². The lowest BCUT2D eigenvalue weighted by Gasteiger charge is -2.18. The summed E-state index contributed by atoms with van der Waals surface area (Å²) in [6.45, 7) is 9.12. The van der Waals surface area contributed by atoms with Gasteiger partial charge >= 0.3 is 0 Å². The first-order chi connectivity index (χ1) is 21.6. The predicted molar refractivity (Wildman–Crippen MR) is 175 cm³/mol. The van der Waals surface area contributed by atoms with Crippen LogP contribution in [0.5, 0.6) is 5.75 Å². The Morgan fingerprint density at radius 1 is 1.16 bits per heavy atom. The lowest BCUT2D eigenvalue weighted by Crippen LogP contribution is -2.29. The topological polar surface area (TPSA) is 119 Å². The minimum Gasteiger partial charge on any atom is -0.494 e. The number of aliphatic imine (C=N–C) groups is 1. The number of fused-ring (bicyclic) bond motifs is 1. The summed E-state index contributed by atoms with van der Waals surface area (Å²) in [4.78, 5) is 30.9. The van der Waals surface area contributed by atoms with E-state index in [4.69, 9.17) is 10.00 Å². The van der Waals surface area contributed by atoms with E-state index in [-0.39, 0.29) is 5.91 Å². The molecule has 0 atom stereocenters. The van der Waals surface area contributed by atoms with E-state index in [1.165, 1.54) is 11.3 Å². The first kappa shape index (κ1) is 30.7. The summed E-state index contributed by atoms with van der Waals surface area (Å²) in [5, 5.41) is 15.7. The Balaban J connectivity index is 1.23. The van der Waals surface area contributed by atoms with Gasteiger partial charge in [-0.25, -0.2) is 4.98 Å². The van der Waals surface area contributed by atoms with Crippen LogP contribution in [0.4, 0.5) is 11.4 Å². The largest absolute Gasteiger partial charge is 0.494 e. The highest BCUT2D eigenvalue weighted by molar-refractivity contribution is 7.13. The molecule has 4 aromatic rings. The van der Waals surface area contributed by atoms with Crippen molar-refractivity contribution < 1.29 is 9.53 Å². The monoisotopic (exact) mass is 608 g/mol. The number of aromatic nitrogens is 2. The van der Waals surface area contributed by atoms with Crippen molar-refractivity contribution in [1.82, 2.24) is 20.2 Å². The van der Waals surface area contributed by atoms with Crippen molar-refractivity contribution in [2.24, 2.45) is 4.99 Å². The number of rotatable bonds is 12. The smallest absolute Gasteiger partial charge is 0.287 e. The maximum Gasteiger partial charge on any atom is 0.287 e. The van der Waals surface area contributed by atoms with E-state index in [0.717, 1.165) is 71.2 Å². The number of guanidine groups is 1. The number of hydrogen-bond acceptors (Lipinski definition) is 8. The maximum absolute atomic E-state index is 13.6. The van der Waals surface area contributed by atoms with Crippen LogP contribution in [0.25, 0.3) is 11.1 Å². The summed E-state index contributed by atoms with van der Waals surface area (Å²) in [5.74, 6) is 1.03. The van der Waals surface area contributed by atoms with Crippen molar-refractivity contribution >= 4 is 34.6 Å². The number of carbonyl (C=O) groups is 1. The number of amides is 1. The molecule has 5 rings (SSSR count). The fourth-order valence-electron chi connectivity index (χ4n) is 5.20. The minimum atomic E-state index is -0.122. The molecule has 1 aliphatic heterocycles. The predicted octanol–water partition coefficient (Wildman–Crippen LogP) is 5.56. The lowest BCUT2D eigenvalue weighted by molar-refractivity contribution is 0.0989. The highest BCUT2D eigenvalue weighted by Crippen LogP contribution is 2.38. The number of anilines is 2. The normalized spacial score (nSPS) is 12.6. The van der Waals surface area contributed by atoms with E-state index < -0.39 is 0 Å². The van der Waals surface area contributed by atoms with Crippen LogP contribution in [0.3, 0.4) is 0 Å². The van der Waals surface area contributed by atoms with E-state index in [9.17, 15) is 4.79 Å². The van der Waals surface area contributed by atoms with E-state index in [1.807, 2.05) is 29.2 Å². The highest BCUT2D eigenvalue weighted by atomic mass is 32.1. The maximum atomic E-state index is 13.6. The number of nitrogens with zero attached hydrogens (tertiary/aromatic N) is 6. The van der Waals surface area contributed by atoms with Gasteiger partial charge in [-0.2, -0.15) is 5.26 Å². The molecule has 0 spiro atoms. The third kappa shape index (κ3) is 7.58. The Morgan fingerprint density at radius 2 is 1.98 bits per heavy atom. The molecule has 10 nitrogen and oxygen atoms in total. The van der Waals surface area contributed by atoms with E-state index in [2.05, 4.69) is 62.5 Å². The highest BCUT2D eigenvalue weighted by Gasteiger charge is 2.29. The van der Waals surface area contributed by atoms with Crippen LogP contribution in [0.15, 0.2) is 78.2 Å². The summed E-state index contributed by atoms with van der Waals surface area (Å²) in [6.07, 6.45) is 8.52. The number of pyridine rings is 1. The number of ether oxygens (including phenoxy) is 1. The molecule has 2 N–H and O–H groups in total. The SMILES string of the molecule is CCN(CC)CCCOc1cccc(-c2cccc3c2CCN3C(=O)c2ncc(CN/C(=N\C#N)Nc3ccncc3)s2)c1. The summed E-state index contributed by atoms with van der Waals surface area (Å²) >= 11 is 1.33. The molecule has 0 radical (unpaired) electrons. The molecule has 0 aliphatic carbocycles. The number of nitriles is 1. The van der Waals surface area contributed by atoms with Crippen molar-refractivity contribution in [3.05, 3.63) is 88.6 Å². The van der Waals surface area contributed by atoms with Crippen molar-refractivity contribution in [1.29, 1.82) is 5.26 Å². The summed E-state index contributed by atoms with van der Waals surface area (Å²) in [6, 6.07) is 17.9. The molecule has 226 valence electrons. The first-order valence-electron chi connectivity index (χ1n) is 14.8. The summed E-state index contributed by atoms with van der Waals surface area (Å²) < 4.78 is 6.09. The molecule has 1 aliphatic rings. The van der Waals surface area contributed by atoms with Crippen LogP contribution >= 0.6 is 11.3 Å². The van der Waals surface area contributed by atoms with Crippen LogP contribution in [-0.4, -0.2) is 59.5 Å². The van der Waals surface area contributed by atoms with Gasteiger partial charge < -0.3 is 25.2 Å². The Bertz CT molecular complexity index is 1630. The van der Waals surface area contributed by atoms with Gasteiger partial charge in [-0.3, -0.25) is 9.78 Å². The molecule has 0 saturated heterocycles. The molecule has 0 bridgehead atoms. The summed E-state index contributed by atoms with van der Waals surface area (Å²) in [7, 11) is 0. The lowest BCUT2D eigenvalue weighted by atomic mass is 9.98. The van der Waals surface area contributed by atoms with Crippen LogP contribution in [0.1, 0.15) is 40.5 Å². The molecule has 0 unspecified atom stereocenters. The zero-order valence-corrected chi connectivity index (χ0v) is 25.8. The Morgan fingerprint density at radius 3 is 2.77 bits per heavy atom. The molecule has 0 saturated carbocycles. The number of benzene rings is 2. The van der Waals surface area contributed by atoms with Gasteiger partial charge in [0, 0.05) is 47.9 Å². The van der Waals surface area contributed by atoms with Gasteiger partial charge in [0.1, 0.15) is 5.75 Å². The first-order valence-corrected chi connectivity index (χ1v) is 15.6. The van der Waals surface area contributed by atoms with Gasteiger partial charge in [-0.15, -0.1) is 16.3 Å². The third-order valence-electron chi connectivity index (χ3n) is 7.47. The van der Waals surface area contributed by atoms with Crippen LogP contribution in [-0.2, 0) is 13.0 Å². The molecule has 11 heteroatoms. The minimum absolute atomic E-state index is 0.122. The second-order valence-corrected chi connectivity index (χ2v) is 11.3. The standard InChI is InChI=1S/C33H36N8O2S/c1-3-40(4-2)17-7-19-43-26-9-5-8-24(20-26)28-10-6-11-30-29(28)14-18-41(30)32(42)31-36-21-27(44-31)22-37-33(38-23-34)39-25-12-15-35-16-13-25/h5-6,8-13,15-16,20-21H,3-4,7,14,17-19,22H2,1-2H3,(H2,35,37,38,39). The number of carbonyl (C=O) groups excluding carboxylic acids is 1. The van der Waals surface area contributed by atoms with E-state index in [1.54, 1.807) is 36.9 Å². The molecule has 2 aromatic heterocycles. The van der Waals surface area contributed by atoms with Crippen LogP contribution < -0.4 is 20.3 Å². The Labute approximate surface area is 262 Å². The summed E-state index contributed by atoms with van der Waals surface area (Å²) in [5.41, 5.74) is 5.01. The van der Waals surface area contributed by atoms with Crippen molar-refractivity contribution in [3.8, 4) is 23.1 Å². The van der Waals surface area contributed by atoms with Gasteiger partial charge in [0.15, 0.2) is 5.01 Å². The van der Waals surface area contributed by atoms with Gasteiger partial charge in [0.25, 0.3) is 5.91 Å². The van der Waals surface area contributed by atoms with Crippen LogP contribution in [0, 0.1) is 11.5 Å². The second-order valence-electron chi connectivity index (χ2n) is 10.2. The van der Waals surface area contributed by atoms with Gasteiger partial charge in [-0.05, 0) is 73.0 Å². The van der Waals surface area contributed by atoms with Gasteiger partial charge in [-0.1, -0.05) is 38.1 Å². The van der Waals surface area contributed by atoms with E-state index >= 15 is 0 Å². The number of hydrogen-bond donors (Lipinski definition) is 2. The number of thiazole rings is 1. The van der Waals surface area contributed by atoms with Gasteiger partial charge in [0.05, 0.1) is 13.2 Å². The fraction of sp³-hybridized carbons (Fsp3) is 0.303. The van der Waals surface area contributed by atoms with Crippen LogP contribution in [0.2, 0.25) is 0 Å². The quantitative estimate of drug-likeness (QED) is 0.0929. The van der Waals surface area contributed by atoms with Crippen molar-refractivity contribution in [2.75, 3.05) is 43.0 Å². The Kier molecular flexibility index (Phi) is 10.5. The zero-order chi connectivity index (χ0) is 30.7. The molecule has 0 fully saturated rings. The molecule has 3 heterocycles. The second kappa shape index (κ2) is 15.1. The number of nitrogens with one attached hydrogen (secondary N) is 2. The molecule has 44 heavy (non-hydrogen) atoms. The molecule has 1 amide bonds. The molecule has 2 aromatic carbocycles. The Hall–Kier alpha value is -4.79. The zero-order valence-electron chi connectivity index (χ0n) is 25.0. The third-order valence-corrected chi connectivity index (χ3v) is 8.46. The average Bonchev–Trinajstić information content (AvgIpc) is 3.72. The fourth-order valence-corrected chi connectivity index (χ4v) is 6.00. The van der Waals surface area contributed by atoms with Crippen molar-refractivity contribution in [3.63, 3.8) is 0 Å². The average molecular weight is 609 g/mol. The molecular weight excluding hydrogens is 572 g/mol. The van der Waals surface area contributed by atoms with E-state index in [0.29, 0.717) is 30.7 Å². The van der Waals surface area contributed by atoms with Crippen molar-refractivity contribution in [2.45, 2.75) is 33.2 Å².